The summed E-state index contributed by atoms with van der Waals surface area (Å²) in [4.78, 5) is 25.7. The number of ether oxygens (including phenoxy) is 3. The van der Waals surface area contributed by atoms with E-state index >= 15 is 0 Å². The van der Waals surface area contributed by atoms with Crippen LogP contribution in [-0.4, -0.2) is 28.5 Å². The van der Waals surface area contributed by atoms with Gasteiger partial charge in [-0.15, -0.1) is 0 Å². The van der Waals surface area contributed by atoms with Crippen molar-refractivity contribution in [3.63, 3.8) is 0 Å². The number of benzene rings is 3. The summed E-state index contributed by atoms with van der Waals surface area (Å²) in [6, 6.07) is 16.2. The lowest BCUT2D eigenvalue weighted by atomic mass is 9.84. The Morgan fingerprint density at radius 2 is 1.91 bits per heavy atom. The van der Waals surface area contributed by atoms with Crippen LogP contribution in [0.2, 0.25) is 0 Å². The lowest BCUT2D eigenvalue weighted by Crippen LogP contribution is -2.21. The molecule has 0 aliphatic carbocycles. The molecular formula is C28H21NO6. The van der Waals surface area contributed by atoms with Gasteiger partial charge in [-0.3, -0.25) is 9.59 Å². The number of para-hydroxylation sites is 1. The Bertz CT molecular complexity index is 1580. The Morgan fingerprint density at radius 3 is 2.71 bits per heavy atom. The summed E-state index contributed by atoms with van der Waals surface area (Å²) in [5.41, 5.74) is 3.64. The molecule has 7 heteroatoms. The number of methoxy groups -OCH3 is 1. The molecule has 0 saturated carbocycles. The maximum Gasteiger partial charge on any atom is 0.312 e. The molecular weight excluding hydrogens is 446 g/mol. The number of allylic oxidation sites excluding steroid dienone is 1. The maximum absolute atomic E-state index is 13.3. The van der Waals surface area contributed by atoms with Crippen LogP contribution in [0, 0.1) is 0 Å². The predicted molar refractivity (Wildman–Crippen MR) is 129 cm³/mol. The van der Waals surface area contributed by atoms with Gasteiger partial charge in [0.1, 0.15) is 11.5 Å². The first kappa shape index (κ1) is 21.0. The number of carbonyl (C=O) groups is 2. The summed E-state index contributed by atoms with van der Waals surface area (Å²) in [5, 5.41) is 11.3. The number of aromatic nitrogens is 1. The van der Waals surface area contributed by atoms with Gasteiger partial charge in [-0.05, 0) is 42.0 Å². The highest BCUT2D eigenvalue weighted by atomic mass is 16.5. The lowest BCUT2D eigenvalue weighted by Gasteiger charge is -2.26. The van der Waals surface area contributed by atoms with Gasteiger partial charge in [-0.2, -0.15) is 0 Å². The first-order chi connectivity index (χ1) is 16.9. The summed E-state index contributed by atoms with van der Waals surface area (Å²) >= 11 is 0. The second-order valence-electron chi connectivity index (χ2n) is 8.67. The van der Waals surface area contributed by atoms with Crippen molar-refractivity contribution in [2.24, 2.45) is 7.05 Å². The van der Waals surface area contributed by atoms with E-state index in [1.54, 1.807) is 36.4 Å². The standard InChI is InChI=1S/C28H21NO6/c1-29-14-16(17-5-3-4-6-20(17)29)12-24-27(32)18-8-10-23-26(28(18)35-24)19(13-25(31)34-23)15-7-9-22(33-2)21(30)11-15/h3-12,14,19,30H,13H2,1-2H3/b24-12-/t19-/m0/s1. The molecule has 0 amide bonds. The molecule has 1 atom stereocenters. The molecule has 0 fully saturated rings. The zero-order valence-electron chi connectivity index (χ0n) is 19.1. The highest BCUT2D eigenvalue weighted by molar-refractivity contribution is 6.15. The van der Waals surface area contributed by atoms with Gasteiger partial charge in [0.2, 0.25) is 5.78 Å². The van der Waals surface area contributed by atoms with Crippen molar-refractivity contribution in [3.05, 3.63) is 88.8 Å². The van der Waals surface area contributed by atoms with Gasteiger partial charge in [0.15, 0.2) is 17.3 Å². The van der Waals surface area contributed by atoms with Crippen LogP contribution >= 0.6 is 0 Å². The van der Waals surface area contributed by atoms with Crippen LogP contribution in [0.15, 0.2) is 66.6 Å². The van der Waals surface area contributed by atoms with E-state index in [4.69, 9.17) is 14.2 Å². The number of rotatable bonds is 3. The fraction of sp³-hybridized carbons (Fsp3) is 0.143. The SMILES string of the molecule is COc1ccc([C@@H]2CC(=O)Oc3ccc4c(c32)O/C(=C\c2cn(C)c3ccccc23)C4=O)cc1O. The fourth-order valence-electron chi connectivity index (χ4n) is 4.94. The van der Waals surface area contributed by atoms with Crippen LogP contribution in [0.3, 0.4) is 0 Å². The van der Waals surface area contributed by atoms with Crippen LogP contribution < -0.4 is 14.2 Å². The number of phenolic OH excluding ortho intramolecular Hbond substituents is 1. The Labute approximate surface area is 200 Å². The fourth-order valence-corrected chi connectivity index (χ4v) is 4.94. The van der Waals surface area contributed by atoms with E-state index in [0.717, 1.165) is 16.5 Å². The monoisotopic (exact) mass is 467 g/mol. The number of hydrogen-bond donors (Lipinski definition) is 1. The smallest absolute Gasteiger partial charge is 0.312 e. The first-order valence-electron chi connectivity index (χ1n) is 11.2. The number of Topliss-reactive ketones (excluding diaryl/α,β-unsaturated/α-hetero) is 1. The highest BCUT2D eigenvalue weighted by Gasteiger charge is 2.38. The number of nitrogens with zero attached hydrogens (tertiary/aromatic N) is 1. The van der Waals surface area contributed by atoms with Crippen molar-refractivity contribution < 1.29 is 28.9 Å². The van der Waals surface area contributed by atoms with Crippen LogP contribution in [0.4, 0.5) is 0 Å². The molecule has 35 heavy (non-hydrogen) atoms. The van der Waals surface area contributed by atoms with Gasteiger partial charge < -0.3 is 23.9 Å². The predicted octanol–water partition coefficient (Wildman–Crippen LogP) is 4.95. The summed E-state index contributed by atoms with van der Waals surface area (Å²) in [5.74, 6) is 0.147. The van der Waals surface area contributed by atoms with Gasteiger partial charge in [0.25, 0.3) is 0 Å². The topological polar surface area (TPSA) is 87.0 Å². The molecule has 0 spiro atoms. The number of ketones is 1. The summed E-state index contributed by atoms with van der Waals surface area (Å²) in [7, 11) is 3.42. The van der Waals surface area contributed by atoms with Crippen molar-refractivity contribution in [2.45, 2.75) is 12.3 Å². The number of esters is 1. The Morgan fingerprint density at radius 1 is 1.09 bits per heavy atom. The summed E-state index contributed by atoms with van der Waals surface area (Å²) < 4.78 is 18.8. The minimum absolute atomic E-state index is 0.0356. The van der Waals surface area contributed by atoms with Crippen LogP contribution in [-0.2, 0) is 11.8 Å². The van der Waals surface area contributed by atoms with Gasteiger partial charge in [-0.25, -0.2) is 0 Å². The third kappa shape index (κ3) is 3.27. The Kier molecular flexibility index (Phi) is 4.67. The molecule has 0 radical (unpaired) electrons. The van der Waals surface area contributed by atoms with Crippen molar-refractivity contribution in [2.75, 3.05) is 7.11 Å². The molecule has 1 aromatic heterocycles. The first-order valence-corrected chi connectivity index (χ1v) is 11.2. The van der Waals surface area contributed by atoms with E-state index in [9.17, 15) is 14.7 Å². The highest BCUT2D eigenvalue weighted by Crippen LogP contribution is 2.49. The number of fused-ring (bicyclic) bond motifs is 4. The molecule has 0 saturated heterocycles. The number of phenols is 1. The van der Waals surface area contributed by atoms with Gasteiger partial charge in [-0.1, -0.05) is 24.3 Å². The Balaban J connectivity index is 1.46. The van der Waals surface area contributed by atoms with E-state index in [0.29, 0.717) is 33.9 Å². The van der Waals surface area contributed by atoms with E-state index in [-0.39, 0.29) is 23.7 Å². The molecule has 2 aliphatic heterocycles. The molecule has 1 N–H and O–H groups in total. The average Bonchev–Trinajstić information content (AvgIpc) is 3.35. The molecule has 3 aromatic carbocycles. The van der Waals surface area contributed by atoms with Crippen molar-refractivity contribution >= 4 is 28.7 Å². The molecule has 3 heterocycles. The number of aromatic hydroxyl groups is 1. The van der Waals surface area contributed by atoms with Crippen LogP contribution in [0.5, 0.6) is 23.0 Å². The molecule has 2 aliphatic rings. The van der Waals surface area contributed by atoms with E-state index in [2.05, 4.69) is 0 Å². The molecule has 4 aromatic rings. The van der Waals surface area contributed by atoms with Crippen LogP contribution in [0.25, 0.3) is 17.0 Å². The third-order valence-electron chi connectivity index (χ3n) is 6.60. The molecule has 6 rings (SSSR count). The van der Waals surface area contributed by atoms with E-state index in [1.807, 2.05) is 42.1 Å². The zero-order chi connectivity index (χ0) is 24.3. The van der Waals surface area contributed by atoms with Crippen molar-refractivity contribution in [1.82, 2.24) is 4.57 Å². The van der Waals surface area contributed by atoms with Crippen LogP contribution in [0.1, 0.15) is 39.4 Å². The summed E-state index contributed by atoms with van der Waals surface area (Å²) in [6.45, 7) is 0. The normalized spacial score (nSPS) is 17.8. The van der Waals surface area contributed by atoms with Gasteiger partial charge >= 0.3 is 5.97 Å². The lowest BCUT2D eigenvalue weighted by molar-refractivity contribution is -0.135. The largest absolute Gasteiger partial charge is 0.504 e. The molecule has 174 valence electrons. The minimum atomic E-state index is -0.456. The number of carbonyl (C=O) groups excluding carboxylic acids is 2. The number of hydrogen-bond acceptors (Lipinski definition) is 6. The van der Waals surface area contributed by atoms with Crippen molar-refractivity contribution in [1.29, 1.82) is 0 Å². The van der Waals surface area contributed by atoms with Gasteiger partial charge in [0.05, 0.1) is 19.1 Å². The quantitative estimate of drug-likeness (QED) is 0.261. The van der Waals surface area contributed by atoms with Gasteiger partial charge in [0, 0.05) is 41.2 Å². The minimum Gasteiger partial charge on any atom is -0.504 e. The zero-order valence-corrected chi connectivity index (χ0v) is 19.1. The molecule has 0 bridgehead atoms. The van der Waals surface area contributed by atoms with Crippen molar-refractivity contribution in [3.8, 4) is 23.0 Å². The second-order valence-corrected chi connectivity index (χ2v) is 8.67. The average molecular weight is 467 g/mol. The number of aryl methyl sites for hydroxylation is 1. The molecule has 0 unspecified atom stereocenters. The summed E-state index contributed by atoms with van der Waals surface area (Å²) in [6.07, 6.45) is 3.76. The maximum atomic E-state index is 13.3. The third-order valence-corrected chi connectivity index (χ3v) is 6.60. The molecule has 7 nitrogen and oxygen atoms in total. The van der Waals surface area contributed by atoms with E-state index < -0.39 is 11.9 Å². The Hall–Kier alpha value is -4.52. The second kappa shape index (κ2) is 7.77. The van der Waals surface area contributed by atoms with E-state index in [1.165, 1.54) is 7.11 Å².